The summed E-state index contributed by atoms with van der Waals surface area (Å²) in [5.41, 5.74) is 3.21. The zero-order valence-corrected chi connectivity index (χ0v) is 18.6. The first-order chi connectivity index (χ1) is 14.4. The molecule has 156 valence electrons. The minimum Gasteiger partial charge on any atom is -0.493 e. The zero-order chi connectivity index (χ0) is 21.6. The van der Waals surface area contributed by atoms with Gasteiger partial charge < -0.3 is 23.8 Å². The predicted octanol–water partition coefficient (Wildman–Crippen LogP) is 3.32. The highest BCUT2D eigenvalue weighted by Crippen LogP contribution is 2.46. The van der Waals surface area contributed by atoms with Crippen LogP contribution in [-0.2, 0) is 16.0 Å². The van der Waals surface area contributed by atoms with Crippen LogP contribution in [0.15, 0.2) is 28.7 Å². The lowest BCUT2D eigenvalue weighted by molar-refractivity contribution is -0.138. The standard InChI is InChI=1S/C22H20BrNO6/c1-27-15-7-11-5-6-24-20(12(11)8-16(15)28-2)19(21(25)22(24)26)13-9-17(29-3)18(30-4)10-14(13)23/h7-10H,5-6H2,1-4H3. The number of carbonyl (C=O) groups is 2. The number of ether oxygens (including phenoxy) is 4. The molecular formula is C22H20BrNO6. The van der Waals surface area contributed by atoms with Crippen molar-refractivity contribution in [1.29, 1.82) is 0 Å². The summed E-state index contributed by atoms with van der Waals surface area (Å²) in [7, 11) is 6.19. The van der Waals surface area contributed by atoms with Crippen LogP contribution in [0.1, 0.15) is 16.7 Å². The number of fused-ring (bicyclic) bond motifs is 3. The number of ketones is 1. The molecule has 0 fully saturated rings. The van der Waals surface area contributed by atoms with E-state index >= 15 is 0 Å². The van der Waals surface area contributed by atoms with Crippen LogP contribution >= 0.6 is 15.9 Å². The molecule has 0 N–H and O–H groups in total. The average Bonchev–Trinajstić information content (AvgIpc) is 3.02. The highest BCUT2D eigenvalue weighted by molar-refractivity contribution is 9.10. The number of amides is 1. The molecule has 2 heterocycles. The van der Waals surface area contributed by atoms with Crippen LogP contribution in [0.5, 0.6) is 23.0 Å². The number of Topliss-reactive ketones (excluding diaryl/α,β-unsaturated/α-hetero) is 1. The Kier molecular flexibility index (Phi) is 5.19. The van der Waals surface area contributed by atoms with E-state index < -0.39 is 11.7 Å². The second-order valence-electron chi connectivity index (χ2n) is 6.81. The highest BCUT2D eigenvalue weighted by atomic mass is 79.9. The maximum absolute atomic E-state index is 13.1. The second kappa shape index (κ2) is 7.68. The van der Waals surface area contributed by atoms with Crippen molar-refractivity contribution in [1.82, 2.24) is 4.90 Å². The van der Waals surface area contributed by atoms with E-state index in [1.165, 1.54) is 19.1 Å². The lowest BCUT2D eigenvalue weighted by atomic mass is 9.92. The van der Waals surface area contributed by atoms with Crippen LogP contribution in [-0.4, -0.2) is 51.6 Å². The van der Waals surface area contributed by atoms with Gasteiger partial charge in [-0.25, -0.2) is 0 Å². The first-order valence-electron chi connectivity index (χ1n) is 9.22. The summed E-state index contributed by atoms with van der Waals surface area (Å²) in [4.78, 5) is 27.4. The molecule has 4 rings (SSSR count). The lowest BCUT2D eigenvalue weighted by Gasteiger charge is -2.28. The Morgan fingerprint density at radius 1 is 0.800 bits per heavy atom. The van der Waals surface area contributed by atoms with Crippen LogP contribution in [0.25, 0.3) is 11.3 Å². The van der Waals surface area contributed by atoms with Crippen LogP contribution in [0, 0.1) is 0 Å². The summed E-state index contributed by atoms with van der Waals surface area (Å²) < 4.78 is 22.2. The van der Waals surface area contributed by atoms with Crippen molar-refractivity contribution in [2.24, 2.45) is 0 Å². The minimum atomic E-state index is -0.555. The molecule has 0 spiro atoms. The Morgan fingerprint density at radius 2 is 1.33 bits per heavy atom. The van der Waals surface area contributed by atoms with Gasteiger partial charge in [-0.1, -0.05) is 15.9 Å². The maximum Gasteiger partial charge on any atom is 0.299 e. The fraction of sp³-hybridized carbons (Fsp3) is 0.273. The van der Waals surface area contributed by atoms with Crippen molar-refractivity contribution in [3.05, 3.63) is 45.4 Å². The molecule has 0 aliphatic carbocycles. The third kappa shape index (κ3) is 2.94. The number of hydrogen-bond donors (Lipinski definition) is 0. The molecule has 8 heteroatoms. The van der Waals surface area contributed by atoms with E-state index in [0.29, 0.717) is 57.3 Å². The van der Waals surface area contributed by atoms with Crippen LogP contribution in [0.4, 0.5) is 0 Å². The van der Waals surface area contributed by atoms with Gasteiger partial charge in [-0.2, -0.15) is 0 Å². The van der Waals surface area contributed by atoms with Crippen molar-refractivity contribution in [3.8, 4) is 23.0 Å². The van der Waals surface area contributed by atoms with Gasteiger partial charge in [0.05, 0.1) is 39.7 Å². The molecule has 30 heavy (non-hydrogen) atoms. The average molecular weight is 474 g/mol. The van der Waals surface area contributed by atoms with Crippen molar-refractivity contribution < 1.29 is 28.5 Å². The summed E-state index contributed by atoms with van der Waals surface area (Å²) in [6, 6.07) is 7.14. The van der Waals surface area contributed by atoms with Crippen LogP contribution < -0.4 is 18.9 Å². The number of rotatable bonds is 5. The molecule has 0 saturated heterocycles. The predicted molar refractivity (Wildman–Crippen MR) is 114 cm³/mol. The zero-order valence-electron chi connectivity index (χ0n) is 17.0. The molecule has 2 aromatic rings. The third-order valence-corrected chi connectivity index (χ3v) is 6.04. The Morgan fingerprint density at radius 3 is 1.93 bits per heavy atom. The maximum atomic E-state index is 13.1. The molecule has 2 aliphatic rings. The molecule has 0 radical (unpaired) electrons. The third-order valence-electron chi connectivity index (χ3n) is 5.38. The molecule has 0 unspecified atom stereocenters. The van der Waals surface area contributed by atoms with E-state index in [-0.39, 0.29) is 0 Å². The van der Waals surface area contributed by atoms with Gasteiger partial charge in [0.2, 0.25) is 0 Å². The summed E-state index contributed by atoms with van der Waals surface area (Å²) in [6.07, 6.45) is 0.610. The molecule has 7 nitrogen and oxygen atoms in total. The minimum absolute atomic E-state index is 0.320. The van der Waals surface area contributed by atoms with Gasteiger partial charge in [-0.05, 0) is 36.2 Å². The van der Waals surface area contributed by atoms with Gasteiger partial charge in [-0.15, -0.1) is 0 Å². The van der Waals surface area contributed by atoms with Crippen molar-refractivity contribution in [3.63, 3.8) is 0 Å². The SMILES string of the molecule is COc1cc(Br)c(C2=C3c4cc(OC)c(OC)cc4CCN3C(=O)C2=O)cc1OC. The first-order valence-corrected chi connectivity index (χ1v) is 10.0. The smallest absolute Gasteiger partial charge is 0.299 e. The molecule has 0 atom stereocenters. The molecule has 0 bridgehead atoms. The number of nitrogens with zero attached hydrogens (tertiary/aromatic N) is 1. The molecule has 2 aromatic carbocycles. The summed E-state index contributed by atoms with van der Waals surface area (Å²) in [6.45, 7) is 0.413. The Bertz CT molecular complexity index is 1110. The quantitative estimate of drug-likeness (QED) is 0.620. The van der Waals surface area contributed by atoms with Gasteiger partial charge >= 0.3 is 0 Å². The monoisotopic (exact) mass is 473 g/mol. The fourth-order valence-electron chi connectivity index (χ4n) is 3.94. The van der Waals surface area contributed by atoms with E-state index in [2.05, 4.69) is 15.9 Å². The number of hydrogen-bond acceptors (Lipinski definition) is 6. The summed E-state index contributed by atoms with van der Waals surface area (Å²) in [5.74, 6) is 1.02. The van der Waals surface area contributed by atoms with Crippen LogP contribution in [0.3, 0.4) is 0 Å². The van der Waals surface area contributed by atoms with E-state index in [1.807, 2.05) is 12.1 Å². The van der Waals surface area contributed by atoms with E-state index in [4.69, 9.17) is 18.9 Å². The molecular weight excluding hydrogens is 454 g/mol. The number of benzene rings is 2. The molecule has 0 aromatic heterocycles. The van der Waals surface area contributed by atoms with Crippen LogP contribution in [0.2, 0.25) is 0 Å². The first kappa shape index (κ1) is 20.3. The van der Waals surface area contributed by atoms with Crippen molar-refractivity contribution >= 4 is 38.9 Å². The molecule has 1 amide bonds. The largest absolute Gasteiger partial charge is 0.493 e. The lowest BCUT2D eigenvalue weighted by Crippen LogP contribution is -2.33. The van der Waals surface area contributed by atoms with Gasteiger partial charge in [0.15, 0.2) is 23.0 Å². The summed E-state index contributed by atoms with van der Waals surface area (Å²) in [5, 5.41) is 0. The Balaban J connectivity index is 2.02. The summed E-state index contributed by atoms with van der Waals surface area (Å²) >= 11 is 3.52. The topological polar surface area (TPSA) is 74.3 Å². The Hall–Kier alpha value is -3.00. The van der Waals surface area contributed by atoms with Gasteiger partial charge in [0.25, 0.3) is 11.7 Å². The van der Waals surface area contributed by atoms with E-state index in [1.54, 1.807) is 26.4 Å². The fourth-order valence-corrected chi connectivity index (χ4v) is 4.46. The number of carbonyl (C=O) groups excluding carboxylic acids is 2. The van der Waals surface area contributed by atoms with E-state index in [9.17, 15) is 9.59 Å². The van der Waals surface area contributed by atoms with Gasteiger partial charge in [0.1, 0.15) is 0 Å². The molecule has 0 saturated carbocycles. The van der Waals surface area contributed by atoms with Gasteiger partial charge in [-0.3, -0.25) is 9.59 Å². The molecule has 2 aliphatic heterocycles. The highest BCUT2D eigenvalue weighted by Gasteiger charge is 2.43. The normalized spacial score (nSPS) is 15.2. The number of methoxy groups -OCH3 is 4. The Labute approximate surface area is 182 Å². The van der Waals surface area contributed by atoms with Crippen molar-refractivity contribution in [2.75, 3.05) is 35.0 Å². The van der Waals surface area contributed by atoms with Gasteiger partial charge in [0, 0.05) is 22.1 Å². The van der Waals surface area contributed by atoms with Crippen molar-refractivity contribution in [2.45, 2.75) is 6.42 Å². The second-order valence-corrected chi connectivity index (χ2v) is 7.67. The van der Waals surface area contributed by atoms with E-state index in [0.717, 1.165) is 11.1 Å². The number of halogens is 1.